The van der Waals surface area contributed by atoms with Crippen molar-refractivity contribution in [1.29, 1.82) is 0 Å². The fourth-order valence-corrected chi connectivity index (χ4v) is 3.18. The van der Waals surface area contributed by atoms with Gasteiger partial charge in [-0.3, -0.25) is 9.59 Å². The molecule has 1 aromatic carbocycles. The molecule has 2 amide bonds. The number of likely N-dealkylation sites (N-methyl/N-ethyl adjacent to an activating group) is 1. The average Bonchev–Trinajstić information content (AvgIpc) is 2.63. The number of rotatable bonds is 7. The molecule has 27 heavy (non-hydrogen) atoms. The third kappa shape index (κ3) is 4.91. The minimum atomic E-state index is -0.0847. The number of methoxy groups -OCH3 is 1. The van der Waals surface area contributed by atoms with Crippen LogP contribution in [0.2, 0.25) is 0 Å². The quantitative estimate of drug-likeness (QED) is 0.726. The minimum Gasteiger partial charge on any atom is -0.489 e. The van der Waals surface area contributed by atoms with Gasteiger partial charge in [0.15, 0.2) is 0 Å². The maximum atomic E-state index is 12.8. The molecule has 150 valence electrons. The highest BCUT2D eigenvalue weighted by Gasteiger charge is 2.30. The second kappa shape index (κ2) is 9.08. The Kier molecular flexibility index (Phi) is 7.07. The first-order chi connectivity index (χ1) is 12.8. The highest BCUT2D eigenvalue weighted by molar-refractivity contribution is 5.95. The second-order valence-electron chi connectivity index (χ2n) is 7.34. The Labute approximate surface area is 161 Å². The van der Waals surface area contributed by atoms with Crippen molar-refractivity contribution in [2.45, 2.75) is 32.4 Å². The zero-order valence-corrected chi connectivity index (χ0v) is 17.2. The lowest BCUT2D eigenvalue weighted by Gasteiger charge is -2.37. The molecular formula is C20H31N3O4. The van der Waals surface area contributed by atoms with E-state index >= 15 is 0 Å². The molecule has 0 aromatic heterocycles. The van der Waals surface area contributed by atoms with Gasteiger partial charge in [-0.2, -0.15) is 0 Å². The summed E-state index contributed by atoms with van der Waals surface area (Å²) in [7, 11) is 7.03. The lowest BCUT2D eigenvalue weighted by molar-refractivity contribution is -0.134. The van der Waals surface area contributed by atoms with E-state index in [4.69, 9.17) is 9.47 Å². The number of nitrogens with zero attached hydrogens (tertiary/aromatic N) is 3. The van der Waals surface area contributed by atoms with E-state index < -0.39 is 0 Å². The Morgan fingerprint density at radius 1 is 1.33 bits per heavy atom. The smallest absolute Gasteiger partial charge is 0.253 e. The van der Waals surface area contributed by atoms with E-state index in [1.165, 1.54) is 0 Å². The molecule has 1 atom stereocenters. The van der Waals surface area contributed by atoms with Gasteiger partial charge in [-0.25, -0.2) is 0 Å². The summed E-state index contributed by atoms with van der Waals surface area (Å²) < 4.78 is 11.0. The number of ether oxygens (including phenoxy) is 2. The molecule has 0 aliphatic carbocycles. The van der Waals surface area contributed by atoms with Gasteiger partial charge in [0.05, 0.1) is 24.8 Å². The van der Waals surface area contributed by atoms with Crippen LogP contribution in [0.5, 0.6) is 5.75 Å². The standard InChI is InChI=1S/C20H31N3O4/c1-14(2)23(9-10-26-6)19(24)12-16-13-27-18-8-7-15(20(25)21(3)4)11-17(18)22(16)5/h7-8,11,14,16H,9-10,12-13H2,1-6H3/t16-/m1/s1. The van der Waals surface area contributed by atoms with Gasteiger partial charge in [-0.05, 0) is 32.0 Å². The largest absolute Gasteiger partial charge is 0.489 e. The van der Waals surface area contributed by atoms with Gasteiger partial charge in [-0.15, -0.1) is 0 Å². The van der Waals surface area contributed by atoms with Crippen molar-refractivity contribution < 1.29 is 19.1 Å². The number of hydrogen-bond acceptors (Lipinski definition) is 5. The van der Waals surface area contributed by atoms with E-state index in [0.29, 0.717) is 31.7 Å². The van der Waals surface area contributed by atoms with Crippen LogP contribution in [-0.4, -0.2) is 81.7 Å². The molecule has 0 fully saturated rings. The van der Waals surface area contributed by atoms with E-state index in [1.807, 2.05) is 42.8 Å². The Hall–Kier alpha value is -2.28. The van der Waals surface area contributed by atoms with E-state index in [2.05, 4.69) is 0 Å². The summed E-state index contributed by atoms with van der Waals surface area (Å²) in [5.74, 6) is 0.748. The van der Waals surface area contributed by atoms with Crippen LogP contribution < -0.4 is 9.64 Å². The summed E-state index contributed by atoms with van der Waals surface area (Å²) in [6, 6.07) is 5.45. The van der Waals surface area contributed by atoms with Crippen molar-refractivity contribution in [3.63, 3.8) is 0 Å². The molecule has 0 bridgehead atoms. The first-order valence-corrected chi connectivity index (χ1v) is 9.26. The van der Waals surface area contributed by atoms with Crippen LogP contribution in [0.3, 0.4) is 0 Å². The van der Waals surface area contributed by atoms with Crippen molar-refractivity contribution in [2.75, 3.05) is 52.9 Å². The number of benzene rings is 1. The highest BCUT2D eigenvalue weighted by Crippen LogP contribution is 2.35. The summed E-state index contributed by atoms with van der Waals surface area (Å²) in [6.45, 7) is 5.53. The van der Waals surface area contributed by atoms with Gasteiger partial charge in [0, 0.05) is 46.4 Å². The van der Waals surface area contributed by atoms with E-state index in [1.54, 1.807) is 32.2 Å². The number of carbonyl (C=O) groups is 2. The fourth-order valence-electron chi connectivity index (χ4n) is 3.18. The first-order valence-electron chi connectivity index (χ1n) is 9.26. The maximum Gasteiger partial charge on any atom is 0.253 e. The van der Waals surface area contributed by atoms with Crippen LogP contribution in [-0.2, 0) is 9.53 Å². The highest BCUT2D eigenvalue weighted by atomic mass is 16.5. The van der Waals surface area contributed by atoms with Crippen molar-refractivity contribution in [1.82, 2.24) is 9.80 Å². The van der Waals surface area contributed by atoms with Gasteiger partial charge < -0.3 is 24.2 Å². The number of carbonyl (C=O) groups excluding carboxylic acids is 2. The lowest BCUT2D eigenvalue weighted by Crippen LogP contribution is -2.47. The first kappa shape index (κ1) is 21.0. The molecule has 2 rings (SSSR count). The van der Waals surface area contributed by atoms with Crippen molar-refractivity contribution >= 4 is 17.5 Å². The summed E-state index contributed by atoms with van der Waals surface area (Å²) in [5.41, 5.74) is 1.44. The predicted molar refractivity (Wildman–Crippen MR) is 105 cm³/mol. The molecular weight excluding hydrogens is 346 g/mol. The SMILES string of the molecule is COCCN(C(=O)C[C@@H]1COc2ccc(C(=O)N(C)C)cc2N1C)C(C)C. The van der Waals surface area contributed by atoms with E-state index in [9.17, 15) is 9.59 Å². The van der Waals surface area contributed by atoms with Crippen LogP contribution in [0.4, 0.5) is 5.69 Å². The average molecular weight is 377 g/mol. The molecule has 1 aliphatic rings. The van der Waals surface area contributed by atoms with Crippen LogP contribution in [0.1, 0.15) is 30.6 Å². The Balaban J connectivity index is 2.15. The van der Waals surface area contributed by atoms with Crippen molar-refractivity contribution in [2.24, 2.45) is 0 Å². The number of anilines is 1. The third-order valence-corrected chi connectivity index (χ3v) is 4.86. The molecule has 0 saturated heterocycles. The van der Waals surface area contributed by atoms with Gasteiger partial charge in [-0.1, -0.05) is 0 Å². The van der Waals surface area contributed by atoms with E-state index in [0.717, 1.165) is 11.4 Å². The predicted octanol–water partition coefficient (Wildman–Crippen LogP) is 1.86. The van der Waals surface area contributed by atoms with Gasteiger partial charge in [0.2, 0.25) is 5.91 Å². The summed E-state index contributed by atoms with van der Waals surface area (Å²) >= 11 is 0. The molecule has 0 N–H and O–H groups in total. The van der Waals surface area contributed by atoms with Gasteiger partial charge in [0.25, 0.3) is 5.91 Å². The number of fused-ring (bicyclic) bond motifs is 1. The topological polar surface area (TPSA) is 62.3 Å². The molecule has 7 nitrogen and oxygen atoms in total. The van der Waals surface area contributed by atoms with Crippen LogP contribution in [0.15, 0.2) is 18.2 Å². The third-order valence-electron chi connectivity index (χ3n) is 4.86. The molecule has 7 heteroatoms. The Morgan fingerprint density at radius 2 is 2.04 bits per heavy atom. The van der Waals surface area contributed by atoms with E-state index in [-0.39, 0.29) is 23.9 Å². The zero-order chi connectivity index (χ0) is 20.1. The van der Waals surface area contributed by atoms with Crippen molar-refractivity contribution in [3.05, 3.63) is 23.8 Å². The van der Waals surface area contributed by atoms with Crippen LogP contribution in [0, 0.1) is 0 Å². The second-order valence-corrected chi connectivity index (χ2v) is 7.34. The molecule has 1 heterocycles. The Bertz CT molecular complexity index is 675. The molecule has 0 unspecified atom stereocenters. The molecule has 1 aliphatic heterocycles. The summed E-state index contributed by atoms with van der Waals surface area (Å²) in [6.07, 6.45) is 0.351. The molecule has 1 aromatic rings. The summed E-state index contributed by atoms with van der Waals surface area (Å²) in [5, 5.41) is 0. The molecule has 0 saturated carbocycles. The molecule has 0 spiro atoms. The number of hydrogen-bond donors (Lipinski definition) is 0. The minimum absolute atomic E-state index is 0.0602. The van der Waals surface area contributed by atoms with Crippen molar-refractivity contribution in [3.8, 4) is 5.75 Å². The van der Waals surface area contributed by atoms with Crippen LogP contribution in [0.25, 0.3) is 0 Å². The summed E-state index contributed by atoms with van der Waals surface area (Å²) in [4.78, 5) is 30.5. The van der Waals surface area contributed by atoms with Gasteiger partial charge >= 0.3 is 0 Å². The lowest BCUT2D eigenvalue weighted by atomic mass is 10.1. The zero-order valence-electron chi connectivity index (χ0n) is 17.2. The fraction of sp³-hybridized carbons (Fsp3) is 0.600. The van der Waals surface area contributed by atoms with Crippen LogP contribution >= 0.6 is 0 Å². The molecule has 0 radical (unpaired) electrons. The normalized spacial score (nSPS) is 16.0. The monoisotopic (exact) mass is 377 g/mol. The van der Waals surface area contributed by atoms with Gasteiger partial charge in [0.1, 0.15) is 12.4 Å². The number of amides is 2. The maximum absolute atomic E-state index is 12.8. The Morgan fingerprint density at radius 3 is 2.63 bits per heavy atom.